The van der Waals surface area contributed by atoms with Crippen molar-refractivity contribution in [2.45, 2.75) is 44.0 Å². The fraction of sp³-hybridized carbons (Fsp3) is 0.571. The Morgan fingerprint density at radius 2 is 1.80 bits per heavy atom. The quantitative estimate of drug-likeness (QED) is 0.838. The van der Waals surface area contributed by atoms with Crippen LogP contribution in [0.15, 0.2) is 18.2 Å². The average molecular weight is 291 g/mol. The second-order valence-electron chi connectivity index (χ2n) is 5.26. The Labute approximate surface area is 114 Å². The van der Waals surface area contributed by atoms with E-state index >= 15 is 0 Å². The minimum Gasteiger partial charge on any atom is -0.391 e. The van der Waals surface area contributed by atoms with Crippen LogP contribution >= 0.6 is 0 Å². The van der Waals surface area contributed by atoms with Crippen molar-refractivity contribution in [2.75, 3.05) is 0 Å². The molecule has 0 spiro atoms. The van der Waals surface area contributed by atoms with Crippen LogP contribution in [0.5, 0.6) is 0 Å². The summed E-state index contributed by atoms with van der Waals surface area (Å²) in [6, 6.07) is 1.36. The third-order valence-electron chi connectivity index (χ3n) is 3.94. The van der Waals surface area contributed by atoms with Crippen molar-refractivity contribution in [3.05, 3.63) is 35.1 Å². The molecule has 1 saturated carbocycles. The summed E-state index contributed by atoms with van der Waals surface area (Å²) in [4.78, 5) is 0. The lowest BCUT2D eigenvalue weighted by atomic mass is 9.88. The summed E-state index contributed by atoms with van der Waals surface area (Å²) in [5, 5.41) is 10.1. The highest BCUT2D eigenvalue weighted by Gasteiger charge is 2.39. The van der Waals surface area contributed by atoms with Crippen LogP contribution in [-0.4, -0.2) is 11.2 Å². The van der Waals surface area contributed by atoms with Crippen molar-refractivity contribution in [3.8, 4) is 0 Å². The van der Waals surface area contributed by atoms with Crippen molar-refractivity contribution >= 4 is 0 Å². The SMILES string of the molecule is N[C@@H](c1c(F)cccc1C(F)(F)F)[C@H](O)C1CCCC1. The largest absolute Gasteiger partial charge is 0.416 e. The van der Waals surface area contributed by atoms with E-state index in [9.17, 15) is 22.7 Å². The van der Waals surface area contributed by atoms with E-state index in [2.05, 4.69) is 0 Å². The van der Waals surface area contributed by atoms with Crippen LogP contribution < -0.4 is 5.73 Å². The first-order valence-electron chi connectivity index (χ1n) is 6.61. The molecular weight excluding hydrogens is 274 g/mol. The molecule has 0 bridgehead atoms. The number of benzene rings is 1. The Kier molecular flexibility index (Phi) is 4.34. The molecule has 1 aromatic carbocycles. The molecule has 0 heterocycles. The first-order valence-corrected chi connectivity index (χ1v) is 6.61. The van der Waals surface area contributed by atoms with Crippen LogP contribution in [0.1, 0.15) is 42.9 Å². The number of halogens is 4. The molecule has 0 aromatic heterocycles. The zero-order chi connectivity index (χ0) is 14.9. The molecule has 1 fully saturated rings. The van der Waals surface area contributed by atoms with Gasteiger partial charge in [0.15, 0.2) is 0 Å². The maximum Gasteiger partial charge on any atom is 0.416 e. The molecule has 0 aliphatic heterocycles. The summed E-state index contributed by atoms with van der Waals surface area (Å²) in [5.41, 5.74) is 3.98. The van der Waals surface area contributed by atoms with Gasteiger partial charge in [-0.15, -0.1) is 0 Å². The number of aliphatic hydroxyl groups is 1. The van der Waals surface area contributed by atoms with Gasteiger partial charge in [-0.2, -0.15) is 13.2 Å². The third-order valence-corrected chi connectivity index (χ3v) is 3.94. The van der Waals surface area contributed by atoms with Crippen LogP contribution in [0, 0.1) is 11.7 Å². The lowest BCUT2D eigenvalue weighted by Gasteiger charge is -2.27. The molecule has 1 aromatic rings. The second-order valence-corrected chi connectivity index (χ2v) is 5.26. The number of alkyl halides is 3. The van der Waals surface area contributed by atoms with Crippen LogP contribution in [-0.2, 0) is 6.18 Å². The molecule has 2 atom stereocenters. The van der Waals surface area contributed by atoms with Crippen LogP contribution in [0.3, 0.4) is 0 Å². The average Bonchev–Trinajstić information content (AvgIpc) is 2.89. The van der Waals surface area contributed by atoms with Gasteiger partial charge in [0.25, 0.3) is 0 Å². The summed E-state index contributed by atoms with van der Waals surface area (Å²) in [7, 11) is 0. The monoisotopic (exact) mass is 291 g/mol. The smallest absolute Gasteiger partial charge is 0.391 e. The molecule has 6 heteroatoms. The molecule has 0 radical (unpaired) electrons. The molecule has 0 saturated heterocycles. The second kappa shape index (κ2) is 5.69. The number of rotatable bonds is 3. The molecule has 0 amide bonds. The number of nitrogens with two attached hydrogens (primary N) is 1. The predicted octanol–water partition coefficient (Wildman–Crippen LogP) is 3.40. The van der Waals surface area contributed by atoms with Gasteiger partial charge < -0.3 is 10.8 Å². The molecule has 2 nitrogen and oxygen atoms in total. The lowest BCUT2D eigenvalue weighted by molar-refractivity contribution is -0.139. The normalized spacial score (nSPS) is 20.1. The highest BCUT2D eigenvalue weighted by molar-refractivity contribution is 5.34. The summed E-state index contributed by atoms with van der Waals surface area (Å²) in [6.07, 6.45) is -2.59. The molecule has 2 rings (SSSR count). The Morgan fingerprint density at radius 1 is 1.20 bits per heavy atom. The van der Waals surface area contributed by atoms with Gasteiger partial charge in [-0.3, -0.25) is 0 Å². The van der Waals surface area contributed by atoms with E-state index in [1.807, 2.05) is 0 Å². The summed E-state index contributed by atoms with van der Waals surface area (Å²) in [6.45, 7) is 0. The first-order chi connectivity index (χ1) is 9.32. The van der Waals surface area contributed by atoms with E-state index < -0.39 is 35.3 Å². The lowest BCUT2D eigenvalue weighted by Crippen LogP contribution is -2.34. The van der Waals surface area contributed by atoms with Crippen LogP contribution in [0.25, 0.3) is 0 Å². The molecule has 3 N–H and O–H groups in total. The van der Waals surface area contributed by atoms with Gasteiger partial charge >= 0.3 is 6.18 Å². The number of hydrogen-bond acceptors (Lipinski definition) is 2. The Morgan fingerprint density at radius 3 is 2.35 bits per heavy atom. The van der Waals surface area contributed by atoms with Gasteiger partial charge in [-0.05, 0) is 30.9 Å². The standard InChI is InChI=1S/C14H17F4NO/c15-10-7-3-6-9(14(16,17)18)11(10)12(19)13(20)8-4-1-2-5-8/h3,6-8,12-13,20H,1-2,4-5,19H2/t12-,13+/m0/s1. The summed E-state index contributed by atoms with van der Waals surface area (Å²) in [5.74, 6) is -1.19. The van der Waals surface area contributed by atoms with E-state index in [0.29, 0.717) is 12.8 Å². The highest BCUT2D eigenvalue weighted by atomic mass is 19.4. The van der Waals surface area contributed by atoms with Crippen molar-refractivity contribution in [1.82, 2.24) is 0 Å². The van der Waals surface area contributed by atoms with E-state index in [1.54, 1.807) is 0 Å². The Hall–Kier alpha value is -1.14. The Balaban J connectivity index is 2.35. The van der Waals surface area contributed by atoms with Gasteiger partial charge in [0.05, 0.1) is 17.7 Å². The van der Waals surface area contributed by atoms with Gasteiger partial charge in [0.1, 0.15) is 5.82 Å². The molecule has 112 valence electrons. The fourth-order valence-electron chi connectivity index (χ4n) is 2.89. The van der Waals surface area contributed by atoms with Crippen molar-refractivity contribution in [1.29, 1.82) is 0 Å². The van der Waals surface area contributed by atoms with Gasteiger partial charge in [0, 0.05) is 5.56 Å². The van der Waals surface area contributed by atoms with E-state index in [-0.39, 0.29) is 5.92 Å². The topological polar surface area (TPSA) is 46.2 Å². The maximum atomic E-state index is 13.8. The van der Waals surface area contributed by atoms with Gasteiger partial charge in [-0.25, -0.2) is 4.39 Å². The maximum absolute atomic E-state index is 13.8. The molecule has 20 heavy (non-hydrogen) atoms. The summed E-state index contributed by atoms with van der Waals surface area (Å²) >= 11 is 0. The van der Waals surface area contributed by atoms with E-state index in [0.717, 1.165) is 31.0 Å². The Bertz CT molecular complexity index is 469. The van der Waals surface area contributed by atoms with Crippen LogP contribution in [0.4, 0.5) is 17.6 Å². The molecule has 0 unspecified atom stereocenters. The van der Waals surface area contributed by atoms with Crippen molar-refractivity contribution < 1.29 is 22.7 Å². The molecule has 1 aliphatic carbocycles. The molecular formula is C14H17F4NO. The number of aliphatic hydroxyl groups excluding tert-OH is 1. The zero-order valence-corrected chi connectivity index (χ0v) is 10.8. The van der Waals surface area contributed by atoms with Crippen LogP contribution in [0.2, 0.25) is 0 Å². The van der Waals surface area contributed by atoms with E-state index in [1.165, 1.54) is 0 Å². The van der Waals surface area contributed by atoms with Gasteiger partial charge in [0.2, 0.25) is 0 Å². The van der Waals surface area contributed by atoms with Crippen molar-refractivity contribution in [3.63, 3.8) is 0 Å². The number of hydrogen-bond donors (Lipinski definition) is 2. The van der Waals surface area contributed by atoms with Gasteiger partial charge in [-0.1, -0.05) is 18.9 Å². The minimum atomic E-state index is -4.69. The first kappa shape index (κ1) is 15.3. The highest BCUT2D eigenvalue weighted by Crippen LogP contribution is 2.39. The third kappa shape index (κ3) is 2.96. The zero-order valence-electron chi connectivity index (χ0n) is 10.8. The van der Waals surface area contributed by atoms with E-state index in [4.69, 9.17) is 5.73 Å². The predicted molar refractivity (Wildman–Crippen MR) is 66.3 cm³/mol. The fourth-order valence-corrected chi connectivity index (χ4v) is 2.89. The summed E-state index contributed by atoms with van der Waals surface area (Å²) < 4.78 is 52.6. The minimum absolute atomic E-state index is 0.161. The van der Waals surface area contributed by atoms with Crippen molar-refractivity contribution in [2.24, 2.45) is 11.7 Å². The molecule has 1 aliphatic rings.